The molecule has 0 radical (unpaired) electrons. The molecule has 0 aliphatic carbocycles. The molecule has 0 amide bonds. The van der Waals surface area contributed by atoms with Gasteiger partial charge in [0.1, 0.15) is 0 Å². The van der Waals surface area contributed by atoms with Crippen molar-refractivity contribution in [2.75, 3.05) is 26.3 Å². The highest BCUT2D eigenvalue weighted by molar-refractivity contribution is 4.91. The molecular formula is C13H24N2O2. The van der Waals surface area contributed by atoms with Crippen molar-refractivity contribution in [2.24, 2.45) is 5.41 Å². The van der Waals surface area contributed by atoms with Gasteiger partial charge in [0.2, 0.25) is 0 Å². The fourth-order valence-corrected chi connectivity index (χ4v) is 1.76. The SMILES string of the molecule is CC(C)(C#N)CCOCC1CNCC(C)(C)O1. The van der Waals surface area contributed by atoms with E-state index in [0.717, 1.165) is 19.5 Å². The van der Waals surface area contributed by atoms with Gasteiger partial charge in [-0.25, -0.2) is 0 Å². The first-order chi connectivity index (χ1) is 7.85. The molecular weight excluding hydrogens is 216 g/mol. The maximum Gasteiger partial charge on any atom is 0.0940 e. The second-order valence-electron chi connectivity index (χ2n) is 5.95. The Kier molecular flexibility index (Phi) is 4.93. The zero-order valence-electron chi connectivity index (χ0n) is 11.4. The van der Waals surface area contributed by atoms with Gasteiger partial charge in [0.25, 0.3) is 0 Å². The van der Waals surface area contributed by atoms with Crippen molar-refractivity contribution in [2.45, 2.75) is 45.8 Å². The zero-order valence-corrected chi connectivity index (χ0v) is 11.4. The van der Waals surface area contributed by atoms with Crippen LogP contribution in [0.4, 0.5) is 0 Å². The third kappa shape index (κ3) is 5.49. The number of ether oxygens (including phenoxy) is 2. The van der Waals surface area contributed by atoms with Gasteiger partial charge in [-0.1, -0.05) is 0 Å². The molecule has 1 heterocycles. The molecule has 98 valence electrons. The quantitative estimate of drug-likeness (QED) is 0.743. The lowest BCUT2D eigenvalue weighted by Gasteiger charge is -2.36. The second kappa shape index (κ2) is 5.81. The van der Waals surface area contributed by atoms with Gasteiger partial charge in [0.05, 0.1) is 29.8 Å². The van der Waals surface area contributed by atoms with Gasteiger partial charge in [-0.05, 0) is 34.1 Å². The summed E-state index contributed by atoms with van der Waals surface area (Å²) in [5.74, 6) is 0. The Morgan fingerprint density at radius 2 is 2.24 bits per heavy atom. The van der Waals surface area contributed by atoms with Gasteiger partial charge >= 0.3 is 0 Å². The van der Waals surface area contributed by atoms with Crippen molar-refractivity contribution in [1.29, 1.82) is 5.26 Å². The Balaban J connectivity index is 2.17. The smallest absolute Gasteiger partial charge is 0.0940 e. The van der Waals surface area contributed by atoms with Crippen LogP contribution in [-0.4, -0.2) is 38.0 Å². The van der Waals surface area contributed by atoms with Crippen molar-refractivity contribution in [3.63, 3.8) is 0 Å². The maximum atomic E-state index is 8.87. The number of nitrogens with one attached hydrogen (secondary N) is 1. The molecule has 1 fully saturated rings. The minimum Gasteiger partial charge on any atom is -0.379 e. The van der Waals surface area contributed by atoms with E-state index in [-0.39, 0.29) is 17.1 Å². The number of nitriles is 1. The average Bonchev–Trinajstić information content (AvgIpc) is 2.23. The fourth-order valence-electron chi connectivity index (χ4n) is 1.76. The molecule has 0 aromatic heterocycles. The molecule has 1 saturated heterocycles. The highest BCUT2D eigenvalue weighted by atomic mass is 16.5. The molecule has 1 atom stereocenters. The molecule has 4 nitrogen and oxygen atoms in total. The van der Waals surface area contributed by atoms with E-state index in [9.17, 15) is 0 Å². The van der Waals surface area contributed by atoms with Crippen LogP contribution >= 0.6 is 0 Å². The summed E-state index contributed by atoms with van der Waals surface area (Å²) in [6, 6.07) is 2.27. The molecule has 1 unspecified atom stereocenters. The summed E-state index contributed by atoms with van der Waals surface area (Å²) in [5, 5.41) is 12.2. The van der Waals surface area contributed by atoms with Crippen molar-refractivity contribution in [3.8, 4) is 6.07 Å². The van der Waals surface area contributed by atoms with Crippen LogP contribution in [0.3, 0.4) is 0 Å². The van der Waals surface area contributed by atoms with Crippen LogP contribution < -0.4 is 5.32 Å². The summed E-state index contributed by atoms with van der Waals surface area (Å²) in [7, 11) is 0. The maximum absolute atomic E-state index is 8.87. The van der Waals surface area contributed by atoms with Gasteiger partial charge in [-0.15, -0.1) is 0 Å². The number of morpholine rings is 1. The highest BCUT2D eigenvalue weighted by Gasteiger charge is 2.28. The summed E-state index contributed by atoms with van der Waals surface area (Å²) in [6.45, 7) is 10.9. The lowest BCUT2D eigenvalue weighted by molar-refractivity contribution is -0.121. The van der Waals surface area contributed by atoms with Gasteiger partial charge < -0.3 is 14.8 Å². The number of nitrogens with zero attached hydrogens (tertiary/aromatic N) is 1. The van der Waals surface area contributed by atoms with E-state index in [0.29, 0.717) is 13.2 Å². The standard InChI is InChI=1S/C13H24N2O2/c1-12(2,9-14)5-6-16-8-11-7-15-10-13(3,4)17-11/h11,15H,5-8,10H2,1-4H3. The van der Waals surface area contributed by atoms with Crippen LogP contribution in [-0.2, 0) is 9.47 Å². The Morgan fingerprint density at radius 1 is 1.53 bits per heavy atom. The van der Waals surface area contributed by atoms with E-state index in [1.54, 1.807) is 0 Å². The minimum absolute atomic E-state index is 0.113. The number of hydrogen-bond donors (Lipinski definition) is 1. The van der Waals surface area contributed by atoms with Crippen LogP contribution in [0, 0.1) is 16.7 Å². The summed E-state index contributed by atoms with van der Waals surface area (Å²) in [4.78, 5) is 0. The highest BCUT2D eigenvalue weighted by Crippen LogP contribution is 2.19. The average molecular weight is 240 g/mol. The van der Waals surface area contributed by atoms with Gasteiger partial charge in [-0.3, -0.25) is 0 Å². The Morgan fingerprint density at radius 3 is 2.82 bits per heavy atom. The first-order valence-corrected chi connectivity index (χ1v) is 6.22. The molecule has 0 saturated carbocycles. The van der Waals surface area contributed by atoms with Crippen LogP contribution in [0.2, 0.25) is 0 Å². The lowest BCUT2D eigenvalue weighted by atomic mass is 9.92. The third-order valence-electron chi connectivity index (χ3n) is 2.89. The minimum atomic E-state index is -0.301. The van der Waals surface area contributed by atoms with Gasteiger partial charge in [0, 0.05) is 19.7 Å². The Bertz CT molecular complexity index is 282. The van der Waals surface area contributed by atoms with E-state index in [1.165, 1.54) is 0 Å². The Hall–Kier alpha value is -0.630. The summed E-state index contributed by atoms with van der Waals surface area (Å²) in [6.07, 6.45) is 0.872. The largest absolute Gasteiger partial charge is 0.379 e. The van der Waals surface area contributed by atoms with E-state index < -0.39 is 0 Å². The number of hydrogen-bond acceptors (Lipinski definition) is 4. The number of rotatable bonds is 5. The van der Waals surface area contributed by atoms with Crippen LogP contribution in [0.1, 0.15) is 34.1 Å². The molecule has 0 aromatic carbocycles. The molecule has 4 heteroatoms. The fraction of sp³-hybridized carbons (Fsp3) is 0.923. The van der Waals surface area contributed by atoms with Gasteiger partial charge in [-0.2, -0.15) is 5.26 Å². The lowest BCUT2D eigenvalue weighted by Crippen LogP contribution is -2.51. The van der Waals surface area contributed by atoms with Crippen molar-refractivity contribution >= 4 is 0 Å². The van der Waals surface area contributed by atoms with Crippen LogP contribution in [0.25, 0.3) is 0 Å². The zero-order chi connectivity index (χ0) is 12.9. The van der Waals surface area contributed by atoms with E-state index in [1.807, 2.05) is 13.8 Å². The summed E-state index contributed by atoms with van der Waals surface area (Å²) in [5.41, 5.74) is -0.414. The summed E-state index contributed by atoms with van der Waals surface area (Å²) < 4.78 is 11.5. The second-order valence-corrected chi connectivity index (χ2v) is 5.95. The molecule has 1 rings (SSSR count). The first kappa shape index (κ1) is 14.4. The van der Waals surface area contributed by atoms with E-state index in [2.05, 4.69) is 25.2 Å². The molecule has 0 aromatic rings. The monoisotopic (exact) mass is 240 g/mol. The Labute approximate surface area is 104 Å². The topological polar surface area (TPSA) is 54.3 Å². The van der Waals surface area contributed by atoms with E-state index >= 15 is 0 Å². The van der Waals surface area contributed by atoms with Crippen molar-refractivity contribution in [1.82, 2.24) is 5.32 Å². The molecule has 1 N–H and O–H groups in total. The van der Waals surface area contributed by atoms with Crippen molar-refractivity contribution in [3.05, 3.63) is 0 Å². The summed E-state index contributed by atoms with van der Waals surface area (Å²) >= 11 is 0. The normalized spacial score (nSPS) is 24.3. The van der Waals surface area contributed by atoms with Crippen LogP contribution in [0.5, 0.6) is 0 Å². The molecule has 17 heavy (non-hydrogen) atoms. The predicted molar refractivity (Wildman–Crippen MR) is 66.7 cm³/mol. The predicted octanol–water partition coefficient (Wildman–Crippen LogP) is 1.71. The van der Waals surface area contributed by atoms with Crippen molar-refractivity contribution < 1.29 is 9.47 Å². The van der Waals surface area contributed by atoms with E-state index in [4.69, 9.17) is 14.7 Å². The third-order valence-corrected chi connectivity index (χ3v) is 2.89. The molecule has 0 bridgehead atoms. The first-order valence-electron chi connectivity index (χ1n) is 6.22. The molecule has 0 spiro atoms. The molecule has 1 aliphatic heterocycles. The van der Waals surface area contributed by atoms with Gasteiger partial charge in [0.15, 0.2) is 0 Å². The van der Waals surface area contributed by atoms with Crippen LogP contribution in [0.15, 0.2) is 0 Å². The molecule has 1 aliphatic rings.